The number of hydrogen-bond acceptors (Lipinski definition) is 5. The van der Waals surface area contributed by atoms with Gasteiger partial charge in [0.25, 0.3) is 5.91 Å². The first-order valence-electron chi connectivity index (χ1n) is 7.65. The lowest BCUT2D eigenvalue weighted by molar-refractivity contribution is 0.0947. The van der Waals surface area contributed by atoms with E-state index in [4.69, 9.17) is 0 Å². The van der Waals surface area contributed by atoms with Crippen LogP contribution in [0.3, 0.4) is 0 Å². The Morgan fingerprint density at radius 3 is 2.77 bits per heavy atom. The van der Waals surface area contributed by atoms with Crippen LogP contribution in [0, 0.1) is 0 Å². The predicted molar refractivity (Wildman–Crippen MR) is 82.7 cm³/mol. The Balaban J connectivity index is 1.45. The van der Waals surface area contributed by atoms with Crippen molar-refractivity contribution in [2.75, 3.05) is 24.5 Å². The highest BCUT2D eigenvalue weighted by Gasteiger charge is 2.15. The number of aromatic nitrogens is 4. The second-order valence-corrected chi connectivity index (χ2v) is 5.38. The average molecular weight is 300 g/mol. The molecule has 116 valence electrons. The summed E-state index contributed by atoms with van der Waals surface area (Å²) >= 11 is 0. The van der Waals surface area contributed by atoms with Crippen molar-refractivity contribution in [1.29, 1.82) is 0 Å². The highest BCUT2D eigenvalue weighted by atomic mass is 16.1. The molecule has 1 fully saturated rings. The van der Waals surface area contributed by atoms with Gasteiger partial charge in [-0.1, -0.05) is 0 Å². The van der Waals surface area contributed by atoms with E-state index in [1.165, 1.54) is 12.8 Å². The highest BCUT2D eigenvalue weighted by molar-refractivity contribution is 5.92. The number of amides is 1. The quantitative estimate of drug-likeness (QED) is 0.808. The Morgan fingerprint density at radius 2 is 2.09 bits per heavy atom. The van der Waals surface area contributed by atoms with Gasteiger partial charge >= 0.3 is 0 Å². The van der Waals surface area contributed by atoms with E-state index in [1.807, 2.05) is 16.8 Å². The molecule has 0 radical (unpaired) electrons. The van der Waals surface area contributed by atoms with Crippen LogP contribution in [0.5, 0.6) is 0 Å². The SMILES string of the molecule is O=C(NCCCn1ccnc1)c1ccc(N2CCCC2)nn1. The second-order valence-electron chi connectivity index (χ2n) is 5.38. The van der Waals surface area contributed by atoms with Crippen molar-refractivity contribution in [3.8, 4) is 0 Å². The van der Waals surface area contributed by atoms with Crippen LogP contribution in [0.1, 0.15) is 29.8 Å². The van der Waals surface area contributed by atoms with Gasteiger partial charge in [0.1, 0.15) is 0 Å². The number of carbonyl (C=O) groups is 1. The zero-order chi connectivity index (χ0) is 15.2. The minimum absolute atomic E-state index is 0.175. The van der Waals surface area contributed by atoms with E-state index in [0.29, 0.717) is 12.2 Å². The molecule has 22 heavy (non-hydrogen) atoms. The molecule has 2 aromatic heterocycles. The first-order chi connectivity index (χ1) is 10.8. The van der Waals surface area contributed by atoms with Crippen LogP contribution >= 0.6 is 0 Å². The van der Waals surface area contributed by atoms with Gasteiger partial charge in [-0.25, -0.2) is 4.98 Å². The molecule has 0 atom stereocenters. The van der Waals surface area contributed by atoms with Crippen molar-refractivity contribution in [3.05, 3.63) is 36.5 Å². The lowest BCUT2D eigenvalue weighted by Crippen LogP contribution is -2.27. The molecule has 0 aliphatic carbocycles. The maximum atomic E-state index is 12.0. The normalized spacial score (nSPS) is 14.3. The molecule has 2 aromatic rings. The van der Waals surface area contributed by atoms with Crippen LogP contribution in [0.15, 0.2) is 30.9 Å². The third kappa shape index (κ3) is 3.60. The van der Waals surface area contributed by atoms with Crippen LogP contribution in [0.2, 0.25) is 0 Å². The van der Waals surface area contributed by atoms with Gasteiger partial charge < -0.3 is 14.8 Å². The Labute approximate surface area is 129 Å². The van der Waals surface area contributed by atoms with Gasteiger partial charge in [-0.05, 0) is 31.4 Å². The summed E-state index contributed by atoms with van der Waals surface area (Å²) in [7, 11) is 0. The maximum Gasteiger partial charge on any atom is 0.271 e. The van der Waals surface area contributed by atoms with Crippen molar-refractivity contribution in [2.45, 2.75) is 25.8 Å². The third-order valence-corrected chi connectivity index (χ3v) is 3.75. The zero-order valence-electron chi connectivity index (χ0n) is 12.5. The smallest absolute Gasteiger partial charge is 0.271 e. The monoisotopic (exact) mass is 300 g/mol. The van der Waals surface area contributed by atoms with E-state index in [0.717, 1.165) is 31.9 Å². The number of imidazole rings is 1. The summed E-state index contributed by atoms with van der Waals surface area (Å²) in [5.41, 5.74) is 0.366. The molecule has 3 heterocycles. The highest BCUT2D eigenvalue weighted by Crippen LogP contribution is 2.16. The van der Waals surface area contributed by atoms with Crippen LogP contribution in [-0.4, -0.2) is 45.3 Å². The topological polar surface area (TPSA) is 75.9 Å². The van der Waals surface area contributed by atoms with Gasteiger partial charge in [0, 0.05) is 38.6 Å². The Kier molecular flexibility index (Phi) is 4.62. The number of rotatable bonds is 6. The molecular formula is C15H20N6O. The number of aryl methyl sites for hydroxylation is 1. The van der Waals surface area contributed by atoms with Gasteiger partial charge in [-0.2, -0.15) is 0 Å². The minimum Gasteiger partial charge on any atom is -0.355 e. The number of carbonyl (C=O) groups excluding carboxylic acids is 1. The molecular weight excluding hydrogens is 280 g/mol. The summed E-state index contributed by atoms with van der Waals surface area (Å²) in [5, 5.41) is 11.0. The van der Waals surface area contributed by atoms with Crippen LogP contribution in [-0.2, 0) is 6.54 Å². The average Bonchev–Trinajstić information content (AvgIpc) is 3.25. The Hall–Kier alpha value is -2.44. The van der Waals surface area contributed by atoms with E-state index >= 15 is 0 Å². The molecule has 7 nitrogen and oxygen atoms in total. The van der Waals surface area contributed by atoms with Crippen molar-refractivity contribution in [3.63, 3.8) is 0 Å². The molecule has 0 bridgehead atoms. The predicted octanol–water partition coefficient (Wildman–Crippen LogP) is 1.09. The first kappa shape index (κ1) is 14.5. The van der Waals surface area contributed by atoms with Gasteiger partial charge in [-0.3, -0.25) is 4.79 Å². The zero-order valence-corrected chi connectivity index (χ0v) is 12.5. The largest absolute Gasteiger partial charge is 0.355 e. The van der Waals surface area contributed by atoms with Gasteiger partial charge in [-0.15, -0.1) is 10.2 Å². The fourth-order valence-corrected chi connectivity index (χ4v) is 2.53. The molecule has 0 saturated carbocycles. The van der Waals surface area contributed by atoms with Crippen LogP contribution in [0.4, 0.5) is 5.82 Å². The lowest BCUT2D eigenvalue weighted by Gasteiger charge is -2.15. The minimum atomic E-state index is -0.175. The summed E-state index contributed by atoms with van der Waals surface area (Å²) in [6.07, 6.45) is 8.66. The summed E-state index contributed by atoms with van der Waals surface area (Å²) in [6.45, 7) is 3.48. The van der Waals surface area contributed by atoms with E-state index < -0.39 is 0 Å². The summed E-state index contributed by atoms with van der Waals surface area (Å²) in [6, 6.07) is 3.62. The maximum absolute atomic E-state index is 12.0. The summed E-state index contributed by atoms with van der Waals surface area (Å²) in [4.78, 5) is 18.2. The van der Waals surface area contributed by atoms with Crippen molar-refractivity contribution >= 4 is 11.7 Å². The van der Waals surface area contributed by atoms with E-state index in [9.17, 15) is 4.79 Å². The number of nitrogens with one attached hydrogen (secondary N) is 1. The van der Waals surface area contributed by atoms with Crippen molar-refractivity contribution in [1.82, 2.24) is 25.1 Å². The van der Waals surface area contributed by atoms with E-state index in [-0.39, 0.29) is 5.91 Å². The van der Waals surface area contributed by atoms with E-state index in [2.05, 4.69) is 25.4 Å². The van der Waals surface area contributed by atoms with Crippen LogP contribution in [0.25, 0.3) is 0 Å². The van der Waals surface area contributed by atoms with Gasteiger partial charge in [0.05, 0.1) is 6.33 Å². The number of anilines is 1. The molecule has 0 spiro atoms. The fourth-order valence-electron chi connectivity index (χ4n) is 2.53. The molecule has 1 aliphatic heterocycles. The molecule has 3 rings (SSSR count). The van der Waals surface area contributed by atoms with E-state index in [1.54, 1.807) is 18.6 Å². The molecule has 1 N–H and O–H groups in total. The van der Waals surface area contributed by atoms with Gasteiger partial charge in [0.15, 0.2) is 11.5 Å². The molecule has 7 heteroatoms. The number of nitrogens with zero attached hydrogens (tertiary/aromatic N) is 5. The lowest BCUT2D eigenvalue weighted by atomic mass is 10.3. The van der Waals surface area contributed by atoms with Gasteiger partial charge in [0.2, 0.25) is 0 Å². The summed E-state index contributed by atoms with van der Waals surface area (Å²) < 4.78 is 1.98. The second kappa shape index (κ2) is 7.02. The molecule has 0 aromatic carbocycles. The fraction of sp³-hybridized carbons (Fsp3) is 0.467. The Morgan fingerprint density at radius 1 is 1.23 bits per heavy atom. The molecule has 1 aliphatic rings. The Bertz CT molecular complexity index is 589. The first-order valence-corrected chi connectivity index (χ1v) is 7.65. The third-order valence-electron chi connectivity index (χ3n) is 3.75. The van der Waals surface area contributed by atoms with Crippen LogP contribution < -0.4 is 10.2 Å². The molecule has 1 amide bonds. The van der Waals surface area contributed by atoms with Crippen molar-refractivity contribution < 1.29 is 4.79 Å². The van der Waals surface area contributed by atoms with Crippen molar-refractivity contribution in [2.24, 2.45) is 0 Å². The molecule has 1 saturated heterocycles. The molecule has 0 unspecified atom stereocenters. The summed E-state index contributed by atoms with van der Waals surface area (Å²) in [5.74, 6) is 0.681. The number of hydrogen-bond donors (Lipinski definition) is 1. The standard InChI is InChI=1S/C15H20N6O/c22-15(17-6-3-8-20-11-7-16-12-20)13-4-5-14(19-18-13)21-9-1-2-10-21/h4-5,7,11-12H,1-3,6,8-10H2,(H,17,22).